The van der Waals surface area contributed by atoms with Gasteiger partial charge in [-0.15, -0.1) is 22.7 Å². The summed E-state index contributed by atoms with van der Waals surface area (Å²) in [7, 11) is 0. The van der Waals surface area contributed by atoms with Crippen molar-refractivity contribution in [1.29, 1.82) is 0 Å². The average Bonchev–Trinajstić information content (AvgIpc) is 3.08. The van der Waals surface area contributed by atoms with Gasteiger partial charge in [0.1, 0.15) is 5.01 Å². The van der Waals surface area contributed by atoms with Gasteiger partial charge in [0, 0.05) is 22.8 Å². The maximum atomic E-state index is 11.0. The highest BCUT2D eigenvalue weighted by molar-refractivity contribution is 7.17. The molecule has 0 radical (unpaired) electrons. The van der Waals surface area contributed by atoms with E-state index in [1.165, 1.54) is 11.3 Å². The predicted octanol–water partition coefficient (Wildman–Crippen LogP) is 3.56. The molecule has 4 nitrogen and oxygen atoms in total. The lowest BCUT2D eigenvalue weighted by molar-refractivity contribution is -0.136. The molecule has 0 aliphatic carbocycles. The van der Waals surface area contributed by atoms with Gasteiger partial charge in [-0.25, -0.2) is 4.98 Å². The molecule has 3 rings (SSSR count). The molecule has 3 aromatic heterocycles. The number of aromatic nitrogens is 2. The molecule has 0 aliphatic heterocycles. The Morgan fingerprint density at radius 2 is 2.05 bits per heavy atom. The van der Waals surface area contributed by atoms with Crippen molar-refractivity contribution < 1.29 is 9.90 Å². The molecule has 0 spiro atoms. The van der Waals surface area contributed by atoms with Crippen molar-refractivity contribution >= 4 is 28.6 Å². The molecule has 1 N–H and O–H groups in total. The van der Waals surface area contributed by atoms with Gasteiger partial charge in [-0.2, -0.15) is 0 Å². The van der Waals surface area contributed by atoms with Crippen LogP contribution in [-0.2, 0) is 11.2 Å². The molecule has 0 saturated carbocycles. The van der Waals surface area contributed by atoms with Crippen molar-refractivity contribution in [1.82, 2.24) is 9.97 Å². The van der Waals surface area contributed by atoms with Gasteiger partial charge in [0.15, 0.2) is 0 Å². The molecule has 0 amide bonds. The van der Waals surface area contributed by atoms with Crippen LogP contribution in [0.15, 0.2) is 42.0 Å². The van der Waals surface area contributed by atoms with Crippen molar-refractivity contribution in [3.63, 3.8) is 0 Å². The zero-order chi connectivity index (χ0) is 13.9. The Labute approximate surface area is 123 Å². The number of carboxylic acid groups (broad SMARTS) is 1. The number of hydrogen-bond acceptors (Lipinski definition) is 5. The smallest absolute Gasteiger partial charge is 0.308 e. The Kier molecular flexibility index (Phi) is 3.58. The third-order valence-corrected chi connectivity index (χ3v) is 4.67. The van der Waals surface area contributed by atoms with Crippen molar-refractivity contribution in [2.45, 2.75) is 6.42 Å². The molecule has 3 aromatic rings. The number of carboxylic acids is 1. The highest BCUT2D eigenvalue weighted by atomic mass is 32.1. The van der Waals surface area contributed by atoms with Crippen LogP contribution in [0.3, 0.4) is 0 Å². The lowest BCUT2D eigenvalue weighted by Crippen LogP contribution is -1.98. The molecular weight excluding hydrogens is 292 g/mol. The predicted molar refractivity (Wildman–Crippen MR) is 80.0 cm³/mol. The standard InChI is InChI=1S/C14H10N2O2S2/c17-12(18)8-11-13(10-2-1-7-19-10)16-14(20-11)9-3-5-15-6-4-9/h1-7H,8H2,(H,17,18). The van der Waals surface area contributed by atoms with E-state index in [4.69, 9.17) is 5.11 Å². The zero-order valence-corrected chi connectivity index (χ0v) is 11.9. The SMILES string of the molecule is O=C(O)Cc1sc(-c2ccncc2)nc1-c1cccs1. The van der Waals surface area contributed by atoms with Crippen molar-refractivity contribution in [2.75, 3.05) is 0 Å². The molecule has 0 saturated heterocycles. The fourth-order valence-corrected chi connectivity index (χ4v) is 3.71. The highest BCUT2D eigenvalue weighted by Gasteiger charge is 2.17. The minimum absolute atomic E-state index is 0.00398. The van der Waals surface area contributed by atoms with Gasteiger partial charge in [0.25, 0.3) is 0 Å². The number of pyridine rings is 1. The number of aliphatic carboxylic acids is 1. The molecular formula is C14H10N2O2S2. The van der Waals surface area contributed by atoms with E-state index in [9.17, 15) is 4.79 Å². The van der Waals surface area contributed by atoms with Gasteiger partial charge in [-0.05, 0) is 23.6 Å². The van der Waals surface area contributed by atoms with Crippen molar-refractivity contribution in [3.8, 4) is 21.1 Å². The first-order valence-corrected chi connectivity index (χ1v) is 7.59. The first-order valence-electron chi connectivity index (χ1n) is 5.90. The van der Waals surface area contributed by atoms with Crippen LogP contribution in [0.2, 0.25) is 0 Å². The van der Waals surface area contributed by atoms with Crippen LogP contribution in [0.1, 0.15) is 4.88 Å². The first-order chi connectivity index (χ1) is 9.74. The molecule has 0 bridgehead atoms. The van der Waals surface area contributed by atoms with E-state index in [-0.39, 0.29) is 6.42 Å². The van der Waals surface area contributed by atoms with Crippen LogP contribution in [0, 0.1) is 0 Å². The van der Waals surface area contributed by atoms with Crippen LogP contribution < -0.4 is 0 Å². The molecule has 0 aliphatic rings. The van der Waals surface area contributed by atoms with Crippen LogP contribution in [0.25, 0.3) is 21.1 Å². The summed E-state index contributed by atoms with van der Waals surface area (Å²) in [4.78, 5) is 21.4. The fraction of sp³-hybridized carbons (Fsp3) is 0.0714. The van der Waals surface area contributed by atoms with E-state index < -0.39 is 5.97 Å². The zero-order valence-electron chi connectivity index (χ0n) is 10.3. The number of thiophene rings is 1. The number of rotatable bonds is 4. The van der Waals surface area contributed by atoms with E-state index in [0.29, 0.717) is 0 Å². The molecule has 0 fully saturated rings. The largest absolute Gasteiger partial charge is 0.481 e. The molecule has 0 atom stereocenters. The topological polar surface area (TPSA) is 63.1 Å². The van der Waals surface area contributed by atoms with E-state index in [2.05, 4.69) is 9.97 Å². The molecule has 0 aromatic carbocycles. The monoisotopic (exact) mass is 302 g/mol. The Morgan fingerprint density at radius 3 is 2.70 bits per heavy atom. The summed E-state index contributed by atoms with van der Waals surface area (Å²) in [6, 6.07) is 7.65. The lowest BCUT2D eigenvalue weighted by Gasteiger charge is -1.95. The fourth-order valence-electron chi connectivity index (χ4n) is 1.83. The second kappa shape index (κ2) is 5.52. The minimum Gasteiger partial charge on any atom is -0.481 e. The normalized spacial score (nSPS) is 10.6. The van der Waals surface area contributed by atoms with Crippen LogP contribution >= 0.6 is 22.7 Å². The van der Waals surface area contributed by atoms with Crippen molar-refractivity contribution in [2.24, 2.45) is 0 Å². The Bertz CT molecular complexity index is 721. The number of carbonyl (C=O) groups is 1. The lowest BCUT2D eigenvalue weighted by atomic mass is 10.2. The van der Waals surface area contributed by atoms with E-state index in [1.807, 2.05) is 29.6 Å². The average molecular weight is 302 g/mol. The summed E-state index contributed by atoms with van der Waals surface area (Å²) in [5.41, 5.74) is 1.73. The third kappa shape index (κ3) is 2.61. The summed E-state index contributed by atoms with van der Waals surface area (Å²) < 4.78 is 0. The summed E-state index contributed by atoms with van der Waals surface area (Å²) in [6.45, 7) is 0. The Morgan fingerprint density at radius 1 is 1.25 bits per heavy atom. The Balaban J connectivity index is 2.08. The summed E-state index contributed by atoms with van der Waals surface area (Å²) >= 11 is 2.99. The first kappa shape index (κ1) is 13.0. The molecule has 0 unspecified atom stereocenters. The summed E-state index contributed by atoms with van der Waals surface area (Å²) in [6.07, 6.45) is 3.41. The molecule has 6 heteroatoms. The van der Waals surface area contributed by atoms with E-state index in [0.717, 1.165) is 26.0 Å². The van der Waals surface area contributed by atoms with Gasteiger partial charge >= 0.3 is 5.97 Å². The molecule has 3 heterocycles. The number of hydrogen-bond donors (Lipinski definition) is 1. The van der Waals surface area contributed by atoms with Crippen LogP contribution in [-0.4, -0.2) is 21.0 Å². The maximum Gasteiger partial charge on any atom is 0.308 e. The van der Waals surface area contributed by atoms with Crippen molar-refractivity contribution in [3.05, 3.63) is 46.9 Å². The number of thiazole rings is 1. The van der Waals surface area contributed by atoms with Gasteiger partial charge in [0.2, 0.25) is 0 Å². The third-order valence-electron chi connectivity index (χ3n) is 2.69. The second-order valence-corrected chi connectivity index (χ2v) is 6.11. The van der Waals surface area contributed by atoms with Gasteiger partial charge < -0.3 is 5.11 Å². The van der Waals surface area contributed by atoms with Crippen LogP contribution in [0.4, 0.5) is 0 Å². The second-order valence-electron chi connectivity index (χ2n) is 4.07. The quantitative estimate of drug-likeness (QED) is 0.800. The summed E-state index contributed by atoms with van der Waals surface area (Å²) in [5.74, 6) is -0.840. The summed E-state index contributed by atoms with van der Waals surface area (Å²) in [5, 5.41) is 11.8. The highest BCUT2D eigenvalue weighted by Crippen LogP contribution is 2.35. The maximum absolute atomic E-state index is 11.0. The molecule has 20 heavy (non-hydrogen) atoms. The van der Waals surface area contributed by atoms with Gasteiger partial charge in [-0.3, -0.25) is 9.78 Å². The van der Waals surface area contributed by atoms with Crippen LogP contribution in [0.5, 0.6) is 0 Å². The number of nitrogens with zero attached hydrogens (tertiary/aromatic N) is 2. The van der Waals surface area contributed by atoms with E-state index in [1.54, 1.807) is 23.7 Å². The van der Waals surface area contributed by atoms with E-state index >= 15 is 0 Å². The van der Waals surface area contributed by atoms with Gasteiger partial charge in [-0.1, -0.05) is 6.07 Å². The Hall–Kier alpha value is -2.05. The minimum atomic E-state index is -0.840. The molecule has 100 valence electrons. The van der Waals surface area contributed by atoms with Gasteiger partial charge in [0.05, 0.1) is 17.0 Å².